The highest BCUT2D eigenvalue weighted by molar-refractivity contribution is 7.91. The van der Waals surface area contributed by atoms with Crippen molar-refractivity contribution >= 4 is 21.4 Å². The SMILES string of the molecule is Nc1cccc(CS(=O)(=O)Nc2ccc(F)cc2F)c1. The fourth-order valence-corrected chi connectivity index (χ4v) is 2.87. The standard InChI is InChI=1S/C13H12F2N2O2S/c14-10-4-5-13(12(15)7-10)17-20(18,19)8-9-2-1-3-11(16)6-9/h1-7,17H,8,16H2. The first-order valence-electron chi connectivity index (χ1n) is 5.66. The van der Waals surface area contributed by atoms with Gasteiger partial charge in [0.1, 0.15) is 11.6 Å². The van der Waals surface area contributed by atoms with Crippen molar-refractivity contribution in [2.24, 2.45) is 0 Å². The third-order valence-corrected chi connectivity index (χ3v) is 3.75. The highest BCUT2D eigenvalue weighted by Gasteiger charge is 2.14. The van der Waals surface area contributed by atoms with Gasteiger partial charge in [0, 0.05) is 11.8 Å². The summed E-state index contributed by atoms with van der Waals surface area (Å²) in [6.45, 7) is 0. The van der Waals surface area contributed by atoms with Gasteiger partial charge < -0.3 is 5.73 Å². The Morgan fingerprint density at radius 2 is 1.85 bits per heavy atom. The minimum atomic E-state index is -3.81. The second kappa shape index (κ2) is 5.46. The van der Waals surface area contributed by atoms with Crippen molar-refractivity contribution in [2.45, 2.75) is 5.75 Å². The molecular weight excluding hydrogens is 286 g/mol. The van der Waals surface area contributed by atoms with E-state index in [1.807, 2.05) is 0 Å². The van der Waals surface area contributed by atoms with E-state index in [2.05, 4.69) is 4.72 Å². The molecule has 0 amide bonds. The van der Waals surface area contributed by atoms with Crippen LogP contribution in [0.3, 0.4) is 0 Å². The summed E-state index contributed by atoms with van der Waals surface area (Å²) in [6.07, 6.45) is 0. The summed E-state index contributed by atoms with van der Waals surface area (Å²) in [5, 5.41) is 0. The van der Waals surface area contributed by atoms with Crippen LogP contribution >= 0.6 is 0 Å². The lowest BCUT2D eigenvalue weighted by Crippen LogP contribution is -2.16. The van der Waals surface area contributed by atoms with E-state index in [4.69, 9.17) is 5.73 Å². The normalized spacial score (nSPS) is 11.3. The Hall–Kier alpha value is -2.15. The van der Waals surface area contributed by atoms with Crippen LogP contribution in [-0.4, -0.2) is 8.42 Å². The molecule has 0 radical (unpaired) electrons. The van der Waals surface area contributed by atoms with Crippen LogP contribution in [0, 0.1) is 11.6 Å². The summed E-state index contributed by atoms with van der Waals surface area (Å²) in [7, 11) is -3.81. The van der Waals surface area contributed by atoms with Crippen LogP contribution in [0.1, 0.15) is 5.56 Å². The third-order valence-electron chi connectivity index (χ3n) is 2.50. The van der Waals surface area contributed by atoms with Gasteiger partial charge in [0.05, 0.1) is 11.4 Å². The molecule has 0 saturated heterocycles. The molecule has 0 aliphatic heterocycles. The molecule has 2 rings (SSSR count). The Labute approximate surface area is 115 Å². The fraction of sp³-hybridized carbons (Fsp3) is 0.0769. The van der Waals surface area contributed by atoms with E-state index >= 15 is 0 Å². The molecular formula is C13H12F2N2O2S. The van der Waals surface area contributed by atoms with Crippen LogP contribution in [0.4, 0.5) is 20.2 Å². The number of anilines is 2. The van der Waals surface area contributed by atoms with Crippen molar-refractivity contribution in [3.8, 4) is 0 Å². The molecule has 4 nitrogen and oxygen atoms in total. The van der Waals surface area contributed by atoms with Crippen LogP contribution < -0.4 is 10.5 Å². The van der Waals surface area contributed by atoms with Crippen LogP contribution in [0.25, 0.3) is 0 Å². The predicted molar refractivity (Wildman–Crippen MR) is 73.5 cm³/mol. The third kappa shape index (κ3) is 3.67. The second-order valence-corrected chi connectivity index (χ2v) is 5.95. The Balaban J connectivity index is 2.19. The number of nitrogen functional groups attached to an aromatic ring is 1. The molecule has 2 aromatic rings. The van der Waals surface area contributed by atoms with Crippen molar-refractivity contribution in [3.05, 3.63) is 59.7 Å². The Morgan fingerprint density at radius 1 is 1.10 bits per heavy atom. The number of sulfonamides is 1. The molecule has 0 aliphatic rings. The lowest BCUT2D eigenvalue weighted by atomic mass is 10.2. The molecule has 0 fully saturated rings. The predicted octanol–water partition coefficient (Wildman–Crippen LogP) is 2.49. The first kappa shape index (κ1) is 14.3. The lowest BCUT2D eigenvalue weighted by molar-refractivity contribution is 0.582. The van der Waals surface area contributed by atoms with Gasteiger partial charge in [0.2, 0.25) is 10.0 Å². The summed E-state index contributed by atoms with van der Waals surface area (Å²) >= 11 is 0. The Morgan fingerprint density at radius 3 is 2.50 bits per heavy atom. The van der Waals surface area contributed by atoms with Gasteiger partial charge >= 0.3 is 0 Å². The first-order valence-corrected chi connectivity index (χ1v) is 7.31. The Kier molecular flexibility index (Phi) is 3.89. The lowest BCUT2D eigenvalue weighted by Gasteiger charge is -2.09. The molecule has 0 unspecified atom stereocenters. The van der Waals surface area contributed by atoms with Crippen molar-refractivity contribution in [1.29, 1.82) is 0 Å². The van der Waals surface area contributed by atoms with Gasteiger partial charge in [0.15, 0.2) is 0 Å². The summed E-state index contributed by atoms with van der Waals surface area (Å²) in [4.78, 5) is 0. The molecule has 0 spiro atoms. The number of hydrogen-bond acceptors (Lipinski definition) is 3. The molecule has 7 heteroatoms. The molecule has 2 aromatic carbocycles. The molecule has 0 saturated carbocycles. The first-order chi connectivity index (χ1) is 9.35. The summed E-state index contributed by atoms with van der Waals surface area (Å²) < 4.78 is 52.0. The van der Waals surface area contributed by atoms with E-state index in [-0.39, 0.29) is 11.4 Å². The number of nitrogens with one attached hydrogen (secondary N) is 1. The topological polar surface area (TPSA) is 72.2 Å². The van der Waals surface area contributed by atoms with Crippen molar-refractivity contribution in [2.75, 3.05) is 10.5 Å². The van der Waals surface area contributed by atoms with Gasteiger partial charge in [-0.25, -0.2) is 17.2 Å². The largest absolute Gasteiger partial charge is 0.399 e. The zero-order valence-electron chi connectivity index (χ0n) is 10.3. The highest BCUT2D eigenvalue weighted by Crippen LogP contribution is 2.18. The number of rotatable bonds is 4. The van der Waals surface area contributed by atoms with Gasteiger partial charge in [-0.05, 0) is 29.8 Å². The average molecular weight is 298 g/mol. The quantitative estimate of drug-likeness (QED) is 0.852. The summed E-state index contributed by atoms with van der Waals surface area (Å²) in [5.41, 5.74) is 6.17. The summed E-state index contributed by atoms with van der Waals surface area (Å²) in [5.74, 6) is -2.10. The maximum absolute atomic E-state index is 13.4. The van der Waals surface area contributed by atoms with Crippen molar-refractivity contribution in [1.82, 2.24) is 0 Å². The zero-order valence-corrected chi connectivity index (χ0v) is 11.1. The molecule has 0 heterocycles. The maximum atomic E-state index is 13.4. The molecule has 0 aliphatic carbocycles. The van der Waals surface area contributed by atoms with Crippen LogP contribution in [0.2, 0.25) is 0 Å². The van der Waals surface area contributed by atoms with Crippen LogP contribution in [0.5, 0.6) is 0 Å². The maximum Gasteiger partial charge on any atom is 0.237 e. The number of halogens is 2. The number of hydrogen-bond donors (Lipinski definition) is 2. The van der Waals surface area contributed by atoms with Crippen LogP contribution in [0.15, 0.2) is 42.5 Å². The second-order valence-electron chi connectivity index (χ2n) is 4.23. The minimum Gasteiger partial charge on any atom is -0.399 e. The molecule has 0 atom stereocenters. The van der Waals surface area contributed by atoms with Gasteiger partial charge in [-0.3, -0.25) is 4.72 Å². The van der Waals surface area contributed by atoms with E-state index in [1.165, 1.54) is 6.07 Å². The fourth-order valence-electron chi connectivity index (χ4n) is 1.68. The van der Waals surface area contributed by atoms with Gasteiger partial charge in [0.25, 0.3) is 0 Å². The molecule has 106 valence electrons. The monoisotopic (exact) mass is 298 g/mol. The van der Waals surface area contributed by atoms with E-state index in [0.717, 1.165) is 12.1 Å². The molecule has 3 N–H and O–H groups in total. The van der Waals surface area contributed by atoms with Crippen LogP contribution in [-0.2, 0) is 15.8 Å². The van der Waals surface area contributed by atoms with E-state index in [1.54, 1.807) is 18.2 Å². The molecule has 0 bridgehead atoms. The molecule has 0 aromatic heterocycles. The van der Waals surface area contributed by atoms with Gasteiger partial charge in [-0.15, -0.1) is 0 Å². The number of nitrogens with two attached hydrogens (primary N) is 1. The van der Waals surface area contributed by atoms with E-state index in [9.17, 15) is 17.2 Å². The van der Waals surface area contributed by atoms with Crippen molar-refractivity contribution < 1.29 is 17.2 Å². The number of benzene rings is 2. The zero-order chi connectivity index (χ0) is 14.8. The minimum absolute atomic E-state index is 0.296. The van der Waals surface area contributed by atoms with E-state index < -0.39 is 21.7 Å². The van der Waals surface area contributed by atoms with E-state index in [0.29, 0.717) is 17.3 Å². The molecule has 20 heavy (non-hydrogen) atoms. The average Bonchev–Trinajstić information content (AvgIpc) is 2.32. The summed E-state index contributed by atoms with van der Waals surface area (Å²) in [6, 6.07) is 8.97. The highest BCUT2D eigenvalue weighted by atomic mass is 32.2. The smallest absolute Gasteiger partial charge is 0.237 e. The van der Waals surface area contributed by atoms with Crippen molar-refractivity contribution in [3.63, 3.8) is 0 Å². The van der Waals surface area contributed by atoms with Gasteiger partial charge in [-0.1, -0.05) is 12.1 Å². The van der Waals surface area contributed by atoms with Gasteiger partial charge in [-0.2, -0.15) is 0 Å². The Bertz CT molecular complexity index is 733.